The van der Waals surface area contributed by atoms with Gasteiger partial charge in [0.15, 0.2) is 0 Å². The molecule has 0 aliphatic carbocycles. The molecule has 1 aromatic rings. The van der Waals surface area contributed by atoms with Crippen LogP contribution in [-0.2, 0) is 6.54 Å². The van der Waals surface area contributed by atoms with Crippen molar-refractivity contribution in [3.05, 3.63) is 29.8 Å². The number of aliphatic hydroxyl groups is 1. The summed E-state index contributed by atoms with van der Waals surface area (Å²) in [5, 5.41) is 18.8. The van der Waals surface area contributed by atoms with E-state index in [1.807, 2.05) is 19.1 Å². The summed E-state index contributed by atoms with van der Waals surface area (Å²) in [5.41, 5.74) is 0.567. The molecule has 1 aliphatic heterocycles. The second-order valence-electron chi connectivity index (χ2n) is 4.31. The summed E-state index contributed by atoms with van der Waals surface area (Å²) in [7, 11) is 0. The first kappa shape index (κ1) is 9.49. The highest BCUT2D eigenvalue weighted by atomic mass is 16.3. The fourth-order valence-electron chi connectivity index (χ4n) is 1.94. The Balaban J connectivity index is 1.93. The molecule has 2 N–H and O–H groups in total. The van der Waals surface area contributed by atoms with E-state index in [1.165, 1.54) is 0 Å². The minimum Gasteiger partial charge on any atom is -0.508 e. The third-order valence-electron chi connectivity index (χ3n) is 2.45. The molecule has 0 saturated carbocycles. The van der Waals surface area contributed by atoms with Crippen molar-refractivity contribution in [2.24, 2.45) is 0 Å². The number of hydrogen-bond donors (Lipinski definition) is 2. The van der Waals surface area contributed by atoms with Gasteiger partial charge in [0.05, 0.1) is 5.60 Å². The van der Waals surface area contributed by atoms with Crippen LogP contribution < -0.4 is 0 Å². The Bertz CT molecular complexity index is 328. The number of likely N-dealkylation sites (tertiary alicyclic amines) is 1. The third kappa shape index (κ3) is 2.05. The van der Waals surface area contributed by atoms with E-state index in [9.17, 15) is 10.2 Å². The number of nitrogens with zero attached hydrogens (tertiary/aromatic N) is 1. The molecule has 0 atom stereocenters. The number of aromatic hydroxyl groups is 1. The maximum atomic E-state index is 9.53. The van der Waals surface area contributed by atoms with Crippen LogP contribution in [0.25, 0.3) is 0 Å². The zero-order valence-corrected chi connectivity index (χ0v) is 8.27. The molecule has 14 heavy (non-hydrogen) atoms. The van der Waals surface area contributed by atoms with Crippen LogP contribution in [0, 0.1) is 0 Å². The third-order valence-corrected chi connectivity index (χ3v) is 2.45. The molecule has 2 rings (SSSR count). The monoisotopic (exact) mass is 193 g/mol. The van der Waals surface area contributed by atoms with Crippen molar-refractivity contribution < 1.29 is 10.2 Å². The first-order valence-electron chi connectivity index (χ1n) is 4.78. The molecule has 3 heteroatoms. The lowest BCUT2D eigenvalue weighted by Gasteiger charge is -2.44. The SMILES string of the molecule is CC1(O)CN(Cc2cccc(O)c2)C1. The van der Waals surface area contributed by atoms with Crippen LogP contribution >= 0.6 is 0 Å². The van der Waals surface area contributed by atoms with E-state index in [0.29, 0.717) is 18.8 Å². The largest absolute Gasteiger partial charge is 0.508 e. The Hall–Kier alpha value is -1.06. The van der Waals surface area contributed by atoms with Gasteiger partial charge in [-0.2, -0.15) is 0 Å². The lowest BCUT2D eigenvalue weighted by molar-refractivity contribution is -0.0871. The topological polar surface area (TPSA) is 43.7 Å². The molecule has 0 amide bonds. The quantitative estimate of drug-likeness (QED) is 0.735. The van der Waals surface area contributed by atoms with E-state index in [1.54, 1.807) is 12.1 Å². The van der Waals surface area contributed by atoms with E-state index >= 15 is 0 Å². The van der Waals surface area contributed by atoms with Crippen LogP contribution in [0.15, 0.2) is 24.3 Å². The van der Waals surface area contributed by atoms with Gasteiger partial charge < -0.3 is 10.2 Å². The normalized spacial score (nSPS) is 20.4. The van der Waals surface area contributed by atoms with Gasteiger partial charge in [-0.05, 0) is 24.6 Å². The average molecular weight is 193 g/mol. The highest BCUT2D eigenvalue weighted by molar-refractivity contribution is 5.27. The Morgan fingerprint density at radius 1 is 1.43 bits per heavy atom. The van der Waals surface area contributed by atoms with E-state index in [4.69, 9.17) is 0 Å². The zero-order chi connectivity index (χ0) is 10.2. The van der Waals surface area contributed by atoms with Gasteiger partial charge >= 0.3 is 0 Å². The van der Waals surface area contributed by atoms with Gasteiger partial charge in [-0.15, -0.1) is 0 Å². The average Bonchev–Trinajstić information content (AvgIpc) is 2.00. The molecule has 0 aromatic heterocycles. The Kier molecular flexibility index (Phi) is 2.21. The molecule has 76 valence electrons. The molecule has 0 spiro atoms. The maximum absolute atomic E-state index is 9.53. The number of phenolic OH excluding ortho intramolecular Hbond substituents is 1. The van der Waals surface area contributed by atoms with Crippen molar-refractivity contribution in [3.8, 4) is 5.75 Å². The zero-order valence-electron chi connectivity index (χ0n) is 8.27. The molecule has 0 radical (unpaired) electrons. The van der Waals surface area contributed by atoms with E-state index in [0.717, 1.165) is 12.1 Å². The molecule has 1 saturated heterocycles. The summed E-state index contributed by atoms with van der Waals surface area (Å²) in [6.07, 6.45) is 0. The fourth-order valence-corrected chi connectivity index (χ4v) is 1.94. The van der Waals surface area contributed by atoms with Gasteiger partial charge in [-0.3, -0.25) is 4.90 Å². The highest BCUT2D eigenvalue weighted by Crippen LogP contribution is 2.22. The molecule has 1 fully saturated rings. The predicted octanol–water partition coefficient (Wildman–Crippen LogP) is 0.959. The van der Waals surface area contributed by atoms with Gasteiger partial charge in [0.1, 0.15) is 5.75 Å². The summed E-state index contributed by atoms with van der Waals surface area (Å²) in [6.45, 7) is 4.06. The Labute approximate surface area is 83.6 Å². The van der Waals surface area contributed by atoms with Gasteiger partial charge in [-0.1, -0.05) is 12.1 Å². The second-order valence-corrected chi connectivity index (χ2v) is 4.31. The van der Waals surface area contributed by atoms with Crippen molar-refractivity contribution in [3.63, 3.8) is 0 Å². The number of phenols is 1. The maximum Gasteiger partial charge on any atom is 0.115 e. The lowest BCUT2D eigenvalue weighted by Crippen LogP contribution is -2.59. The van der Waals surface area contributed by atoms with Crippen molar-refractivity contribution in [2.75, 3.05) is 13.1 Å². The summed E-state index contributed by atoms with van der Waals surface area (Å²) >= 11 is 0. The standard InChI is InChI=1S/C11H15NO2/c1-11(14)7-12(8-11)6-9-3-2-4-10(13)5-9/h2-5,13-14H,6-8H2,1H3. The summed E-state index contributed by atoms with van der Waals surface area (Å²) in [4.78, 5) is 2.15. The molecule has 1 aliphatic rings. The number of β-amino-alcohol motifs (C(OH)–C–C–N with tert-alkyl or cyclic N) is 1. The Morgan fingerprint density at radius 3 is 2.71 bits per heavy atom. The van der Waals surface area contributed by atoms with Crippen LogP contribution in [0.4, 0.5) is 0 Å². The predicted molar refractivity (Wildman–Crippen MR) is 54.0 cm³/mol. The van der Waals surface area contributed by atoms with Crippen LogP contribution in [0.3, 0.4) is 0 Å². The van der Waals surface area contributed by atoms with Gasteiger partial charge in [0, 0.05) is 19.6 Å². The van der Waals surface area contributed by atoms with Crippen LogP contribution in [-0.4, -0.2) is 33.8 Å². The van der Waals surface area contributed by atoms with Crippen molar-refractivity contribution in [1.82, 2.24) is 4.90 Å². The van der Waals surface area contributed by atoms with Crippen LogP contribution in [0.2, 0.25) is 0 Å². The molecule has 0 bridgehead atoms. The molecule has 3 nitrogen and oxygen atoms in total. The number of benzene rings is 1. The fraction of sp³-hybridized carbons (Fsp3) is 0.455. The van der Waals surface area contributed by atoms with Crippen LogP contribution in [0.1, 0.15) is 12.5 Å². The summed E-state index contributed by atoms with van der Waals surface area (Å²) in [6, 6.07) is 7.23. The Morgan fingerprint density at radius 2 is 2.14 bits per heavy atom. The minimum atomic E-state index is -0.517. The smallest absolute Gasteiger partial charge is 0.115 e. The summed E-state index contributed by atoms with van der Waals surface area (Å²) < 4.78 is 0. The van der Waals surface area contributed by atoms with E-state index < -0.39 is 5.60 Å². The van der Waals surface area contributed by atoms with Gasteiger partial charge in [0.25, 0.3) is 0 Å². The molecule has 1 heterocycles. The van der Waals surface area contributed by atoms with Crippen LogP contribution in [0.5, 0.6) is 5.75 Å². The first-order valence-corrected chi connectivity index (χ1v) is 4.78. The number of hydrogen-bond acceptors (Lipinski definition) is 3. The molecular formula is C11H15NO2. The van der Waals surface area contributed by atoms with Gasteiger partial charge in [0.2, 0.25) is 0 Å². The minimum absolute atomic E-state index is 0.301. The molecule has 1 aromatic carbocycles. The highest BCUT2D eigenvalue weighted by Gasteiger charge is 2.35. The second kappa shape index (κ2) is 3.26. The van der Waals surface area contributed by atoms with Crippen molar-refractivity contribution in [2.45, 2.75) is 19.1 Å². The van der Waals surface area contributed by atoms with Crippen molar-refractivity contribution >= 4 is 0 Å². The van der Waals surface area contributed by atoms with E-state index in [-0.39, 0.29) is 0 Å². The first-order chi connectivity index (χ1) is 6.55. The lowest BCUT2D eigenvalue weighted by atomic mass is 9.96. The molecular weight excluding hydrogens is 178 g/mol. The van der Waals surface area contributed by atoms with E-state index in [2.05, 4.69) is 4.90 Å². The van der Waals surface area contributed by atoms with Gasteiger partial charge in [-0.25, -0.2) is 0 Å². The summed E-state index contributed by atoms with van der Waals surface area (Å²) in [5.74, 6) is 0.301. The number of rotatable bonds is 2. The van der Waals surface area contributed by atoms with Crippen molar-refractivity contribution in [1.29, 1.82) is 0 Å². The molecule has 0 unspecified atom stereocenters.